The first-order valence-corrected chi connectivity index (χ1v) is 13.9. The normalized spacial score (nSPS) is 13.6. The zero-order valence-corrected chi connectivity index (χ0v) is 23.8. The number of nitrogens with one attached hydrogen (secondary N) is 2. The molecule has 0 saturated carbocycles. The third kappa shape index (κ3) is 5.98. The van der Waals surface area contributed by atoms with Crippen LogP contribution in [0.25, 0.3) is 22.6 Å². The Kier molecular flexibility index (Phi) is 7.61. The van der Waals surface area contributed by atoms with E-state index in [4.69, 9.17) is 9.51 Å². The first kappa shape index (κ1) is 27.1. The van der Waals surface area contributed by atoms with Crippen molar-refractivity contribution in [1.82, 2.24) is 25.0 Å². The van der Waals surface area contributed by atoms with Crippen LogP contribution < -0.4 is 15.5 Å². The number of rotatable bonds is 7. The zero-order chi connectivity index (χ0) is 29.1. The van der Waals surface area contributed by atoms with Crippen molar-refractivity contribution in [3.8, 4) is 22.6 Å². The van der Waals surface area contributed by atoms with E-state index in [1.54, 1.807) is 24.8 Å². The van der Waals surface area contributed by atoms with Gasteiger partial charge in [-0.1, -0.05) is 11.2 Å². The molecule has 4 heterocycles. The minimum absolute atomic E-state index is 0.164. The van der Waals surface area contributed by atoms with Gasteiger partial charge in [-0.05, 0) is 75.0 Å². The van der Waals surface area contributed by atoms with E-state index < -0.39 is 0 Å². The fourth-order valence-electron chi connectivity index (χ4n) is 4.90. The SMILES string of the molecule is Cc1ccc(NC(=O)c2ccc(N3CCN(C)CC3)cc2)cc1Nc1nccc(-c2cncc(-c3oncc3C)c2)n1. The Bertz CT molecular complexity index is 1710. The Morgan fingerprint density at radius 2 is 1.67 bits per heavy atom. The number of hydrogen-bond acceptors (Lipinski definition) is 9. The number of benzene rings is 2. The van der Waals surface area contributed by atoms with Crippen molar-refractivity contribution in [3.05, 3.63) is 96.1 Å². The van der Waals surface area contributed by atoms with Crippen molar-refractivity contribution in [2.45, 2.75) is 13.8 Å². The maximum atomic E-state index is 13.0. The second-order valence-electron chi connectivity index (χ2n) is 10.5. The predicted molar refractivity (Wildman–Crippen MR) is 164 cm³/mol. The highest BCUT2D eigenvalue weighted by Gasteiger charge is 2.16. The summed E-state index contributed by atoms with van der Waals surface area (Å²) in [6.07, 6.45) is 6.87. The highest BCUT2D eigenvalue weighted by Crippen LogP contribution is 2.28. The number of anilines is 4. The van der Waals surface area contributed by atoms with Crippen molar-refractivity contribution < 1.29 is 9.32 Å². The molecular formula is C32H32N8O2. The second kappa shape index (κ2) is 11.8. The third-order valence-electron chi connectivity index (χ3n) is 7.44. The number of carbonyl (C=O) groups excluding carboxylic acids is 1. The molecule has 0 atom stereocenters. The van der Waals surface area contributed by atoms with E-state index in [0.717, 1.165) is 59.8 Å². The van der Waals surface area contributed by atoms with Crippen LogP contribution >= 0.6 is 0 Å². The monoisotopic (exact) mass is 560 g/mol. The molecule has 1 aliphatic rings. The lowest BCUT2D eigenvalue weighted by Gasteiger charge is -2.34. The Morgan fingerprint density at radius 3 is 2.43 bits per heavy atom. The van der Waals surface area contributed by atoms with E-state index in [-0.39, 0.29) is 5.91 Å². The predicted octanol–water partition coefficient (Wildman–Crippen LogP) is 5.56. The number of piperazine rings is 1. The third-order valence-corrected chi connectivity index (χ3v) is 7.44. The zero-order valence-electron chi connectivity index (χ0n) is 23.8. The van der Waals surface area contributed by atoms with Gasteiger partial charge in [-0.2, -0.15) is 0 Å². The van der Waals surface area contributed by atoms with Crippen LogP contribution in [0.15, 0.2) is 83.9 Å². The minimum Gasteiger partial charge on any atom is -0.369 e. The molecule has 1 amide bonds. The van der Waals surface area contributed by atoms with Gasteiger partial charge in [-0.3, -0.25) is 9.78 Å². The number of nitrogens with zero attached hydrogens (tertiary/aromatic N) is 6. The molecule has 5 aromatic rings. The van der Waals surface area contributed by atoms with Crippen LogP contribution in [0.1, 0.15) is 21.5 Å². The molecule has 0 bridgehead atoms. The molecule has 0 spiro atoms. The lowest BCUT2D eigenvalue weighted by atomic mass is 10.1. The van der Waals surface area contributed by atoms with Crippen LogP contribution in [0.2, 0.25) is 0 Å². The van der Waals surface area contributed by atoms with Gasteiger partial charge in [0.05, 0.1) is 11.9 Å². The molecule has 1 fully saturated rings. The Balaban J connectivity index is 1.15. The molecule has 0 unspecified atom stereocenters. The number of pyridine rings is 1. The molecule has 2 aromatic carbocycles. The summed E-state index contributed by atoms with van der Waals surface area (Å²) < 4.78 is 5.39. The van der Waals surface area contributed by atoms with Gasteiger partial charge in [0.1, 0.15) is 0 Å². The van der Waals surface area contributed by atoms with Gasteiger partial charge in [0.25, 0.3) is 5.91 Å². The number of aryl methyl sites for hydroxylation is 2. The molecule has 6 rings (SSSR count). The summed E-state index contributed by atoms with van der Waals surface area (Å²) in [6, 6.07) is 17.3. The Labute approximate surface area is 244 Å². The summed E-state index contributed by atoms with van der Waals surface area (Å²) in [5.41, 5.74) is 7.49. The fraction of sp³-hybridized carbons (Fsp3) is 0.219. The largest absolute Gasteiger partial charge is 0.369 e. The van der Waals surface area contributed by atoms with Gasteiger partial charge in [0, 0.05) is 84.1 Å². The molecule has 0 aliphatic carbocycles. The maximum Gasteiger partial charge on any atom is 0.255 e. The van der Waals surface area contributed by atoms with Crippen LogP contribution in [0, 0.1) is 13.8 Å². The number of likely N-dealkylation sites (N-methyl/N-ethyl adjacent to an activating group) is 1. The van der Waals surface area contributed by atoms with Crippen LogP contribution in [-0.2, 0) is 0 Å². The molecule has 10 heteroatoms. The highest BCUT2D eigenvalue weighted by molar-refractivity contribution is 6.04. The van der Waals surface area contributed by atoms with Gasteiger partial charge < -0.3 is 25.0 Å². The topological polar surface area (TPSA) is 112 Å². The molecule has 1 aliphatic heterocycles. The number of hydrogen-bond donors (Lipinski definition) is 2. The van der Waals surface area contributed by atoms with Gasteiger partial charge in [0.2, 0.25) is 5.95 Å². The maximum absolute atomic E-state index is 13.0. The quantitative estimate of drug-likeness (QED) is 0.264. The van der Waals surface area contributed by atoms with Crippen molar-refractivity contribution in [2.24, 2.45) is 0 Å². The van der Waals surface area contributed by atoms with Crippen LogP contribution in [0.5, 0.6) is 0 Å². The van der Waals surface area contributed by atoms with E-state index in [1.165, 1.54) is 0 Å². The van der Waals surface area contributed by atoms with Crippen LogP contribution in [-0.4, -0.2) is 64.1 Å². The molecule has 3 aromatic heterocycles. The van der Waals surface area contributed by atoms with Crippen LogP contribution in [0.4, 0.5) is 23.0 Å². The van der Waals surface area contributed by atoms with E-state index in [2.05, 4.69) is 42.6 Å². The summed E-state index contributed by atoms with van der Waals surface area (Å²) in [4.78, 5) is 31.2. The number of amides is 1. The van der Waals surface area contributed by atoms with Crippen molar-refractivity contribution >= 4 is 28.9 Å². The van der Waals surface area contributed by atoms with Gasteiger partial charge >= 0.3 is 0 Å². The minimum atomic E-state index is -0.164. The van der Waals surface area contributed by atoms with Crippen molar-refractivity contribution in [1.29, 1.82) is 0 Å². The first-order chi connectivity index (χ1) is 20.4. The number of carbonyl (C=O) groups is 1. The first-order valence-electron chi connectivity index (χ1n) is 13.9. The molecule has 1 saturated heterocycles. The summed E-state index contributed by atoms with van der Waals surface area (Å²) in [5.74, 6) is 0.944. The summed E-state index contributed by atoms with van der Waals surface area (Å²) in [6.45, 7) is 7.97. The van der Waals surface area contributed by atoms with Gasteiger partial charge in [-0.25, -0.2) is 9.97 Å². The van der Waals surface area contributed by atoms with Crippen LogP contribution in [0.3, 0.4) is 0 Å². The molecule has 42 heavy (non-hydrogen) atoms. The molecular weight excluding hydrogens is 528 g/mol. The smallest absolute Gasteiger partial charge is 0.255 e. The summed E-state index contributed by atoms with van der Waals surface area (Å²) in [5, 5.41) is 10.2. The average molecular weight is 561 g/mol. The highest BCUT2D eigenvalue weighted by atomic mass is 16.5. The van der Waals surface area contributed by atoms with E-state index in [1.807, 2.05) is 68.4 Å². The fourth-order valence-corrected chi connectivity index (χ4v) is 4.90. The molecule has 10 nitrogen and oxygen atoms in total. The Morgan fingerprint density at radius 1 is 0.881 bits per heavy atom. The molecule has 0 radical (unpaired) electrons. The van der Waals surface area contributed by atoms with Crippen molar-refractivity contribution in [2.75, 3.05) is 48.8 Å². The van der Waals surface area contributed by atoms with Gasteiger partial charge in [-0.15, -0.1) is 0 Å². The average Bonchev–Trinajstić information content (AvgIpc) is 3.45. The molecule has 212 valence electrons. The van der Waals surface area contributed by atoms with E-state index >= 15 is 0 Å². The second-order valence-corrected chi connectivity index (χ2v) is 10.5. The summed E-state index contributed by atoms with van der Waals surface area (Å²) in [7, 11) is 2.14. The summed E-state index contributed by atoms with van der Waals surface area (Å²) >= 11 is 0. The Hall–Kier alpha value is -5.09. The lowest BCUT2D eigenvalue weighted by Crippen LogP contribution is -2.44. The van der Waals surface area contributed by atoms with E-state index in [9.17, 15) is 4.79 Å². The van der Waals surface area contributed by atoms with Crippen molar-refractivity contribution in [3.63, 3.8) is 0 Å². The lowest BCUT2D eigenvalue weighted by molar-refractivity contribution is 0.102. The standard InChI is InChI=1S/C32H32N8O2/c1-21-4-7-26(36-31(41)23-5-8-27(9-6-23)40-14-12-39(3)13-15-40)17-29(21)38-32-34-11-10-28(37-32)24-16-25(20-33-19-24)30-22(2)18-35-42-30/h4-11,16-20H,12-15H2,1-3H3,(H,36,41)(H,34,37,38). The van der Waals surface area contributed by atoms with E-state index in [0.29, 0.717) is 28.7 Å². The molecule has 2 N–H and O–H groups in total. The van der Waals surface area contributed by atoms with Gasteiger partial charge in [0.15, 0.2) is 5.76 Å². The number of aromatic nitrogens is 4.